The van der Waals surface area contributed by atoms with Gasteiger partial charge in [0, 0.05) is 13.7 Å². The zero-order valence-electron chi connectivity index (χ0n) is 9.81. The number of hydrogen-bond donors (Lipinski definition) is 1. The van der Waals surface area contributed by atoms with Crippen molar-refractivity contribution in [3.8, 4) is 0 Å². The lowest BCUT2D eigenvalue weighted by Crippen LogP contribution is -2.09. The second-order valence-corrected chi connectivity index (χ2v) is 4.09. The van der Waals surface area contributed by atoms with Crippen molar-refractivity contribution in [1.29, 1.82) is 0 Å². The molecular formula is C12H16N2O2S. The van der Waals surface area contributed by atoms with Crippen LogP contribution in [0.25, 0.3) is 11.0 Å². The largest absolute Gasteiger partial charge is 0.382 e. The topological polar surface area (TPSA) is 39.2 Å². The molecule has 0 bridgehead atoms. The number of aromatic nitrogens is 2. The Labute approximate surface area is 105 Å². The Kier molecular flexibility index (Phi) is 4.30. The molecule has 5 heteroatoms. The number of fused-ring (bicyclic) bond motifs is 1. The summed E-state index contributed by atoms with van der Waals surface area (Å²) in [5.74, 6) is 0. The number of rotatable bonds is 6. The Hall–Kier alpha value is -1.17. The van der Waals surface area contributed by atoms with Gasteiger partial charge in [-0.3, -0.25) is 0 Å². The van der Waals surface area contributed by atoms with Gasteiger partial charge in [0.15, 0.2) is 4.77 Å². The van der Waals surface area contributed by atoms with E-state index in [1.807, 2.05) is 18.2 Å². The third-order valence-corrected chi connectivity index (χ3v) is 2.90. The Morgan fingerprint density at radius 1 is 1.24 bits per heavy atom. The Bertz CT molecular complexity index is 533. The van der Waals surface area contributed by atoms with Crippen molar-refractivity contribution in [1.82, 2.24) is 9.55 Å². The second-order valence-electron chi connectivity index (χ2n) is 3.70. The molecule has 0 fully saturated rings. The van der Waals surface area contributed by atoms with Crippen molar-refractivity contribution in [3.63, 3.8) is 0 Å². The summed E-state index contributed by atoms with van der Waals surface area (Å²) in [6.45, 7) is 2.64. The van der Waals surface area contributed by atoms with Crippen molar-refractivity contribution in [2.45, 2.75) is 6.54 Å². The van der Waals surface area contributed by atoms with E-state index in [1.165, 1.54) is 0 Å². The van der Waals surface area contributed by atoms with E-state index < -0.39 is 0 Å². The molecule has 0 atom stereocenters. The molecule has 0 spiro atoms. The minimum Gasteiger partial charge on any atom is -0.382 e. The first-order chi connectivity index (χ1) is 8.33. The van der Waals surface area contributed by atoms with Gasteiger partial charge >= 0.3 is 0 Å². The van der Waals surface area contributed by atoms with E-state index in [9.17, 15) is 0 Å². The molecule has 1 N–H and O–H groups in total. The molecule has 0 saturated carbocycles. The third-order valence-electron chi connectivity index (χ3n) is 2.57. The molecule has 1 aromatic carbocycles. The first-order valence-corrected chi connectivity index (χ1v) is 5.98. The molecule has 0 aliphatic rings. The van der Waals surface area contributed by atoms with Gasteiger partial charge in [-0.15, -0.1) is 0 Å². The quantitative estimate of drug-likeness (QED) is 0.633. The number of benzene rings is 1. The summed E-state index contributed by atoms with van der Waals surface area (Å²) in [5.41, 5.74) is 2.18. The van der Waals surface area contributed by atoms with Gasteiger partial charge in [0.05, 0.1) is 30.9 Å². The number of H-pyrrole nitrogens is 1. The Morgan fingerprint density at radius 2 is 2.06 bits per heavy atom. The SMILES string of the molecule is COCCOCCn1c(=S)[nH]c2ccccc21. The van der Waals surface area contributed by atoms with Crippen molar-refractivity contribution < 1.29 is 9.47 Å². The van der Waals surface area contributed by atoms with E-state index in [1.54, 1.807) is 7.11 Å². The first kappa shape index (κ1) is 12.3. The highest BCUT2D eigenvalue weighted by Crippen LogP contribution is 2.12. The zero-order valence-corrected chi connectivity index (χ0v) is 10.6. The Morgan fingerprint density at radius 3 is 2.88 bits per heavy atom. The number of nitrogens with one attached hydrogen (secondary N) is 1. The highest BCUT2D eigenvalue weighted by Gasteiger charge is 2.02. The van der Waals surface area contributed by atoms with Crippen LogP contribution in [0.1, 0.15) is 0 Å². The standard InChI is InChI=1S/C12H16N2O2S/c1-15-8-9-16-7-6-14-11-5-3-2-4-10(11)13-12(14)17/h2-5H,6-9H2,1H3,(H,13,17). The molecule has 0 aliphatic heterocycles. The first-order valence-electron chi connectivity index (χ1n) is 5.57. The number of ether oxygens (including phenoxy) is 2. The fourth-order valence-corrected chi connectivity index (χ4v) is 2.03. The monoisotopic (exact) mass is 252 g/mol. The highest BCUT2D eigenvalue weighted by molar-refractivity contribution is 7.71. The van der Waals surface area contributed by atoms with Gasteiger partial charge in [0.25, 0.3) is 0 Å². The molecule has 0 aliphatic carbocycles. The van der Waals surface area contributed by atoms with Crippen LogP contribution in [-0.4, -0.2) is 36.5 Å². The maximum atomic E-state index is 5.45. The molecule has 4 nitrogen and oxygen atoms in total. The normalized spacial score (nSPS) is 11.1. The van der Waals surface area contributed by atoms with Gasteiger partial charge in [-0.2, -0.15) is 0 Å². The Balaban J connectivity index is 2.03. The maximum Gasteiger partial charge on any atom is 0.178 e. The molecule has 1 heterocycles. The molecule has 17 heavy (non-hydrogen) atoms. The number of methoxy groups -OCH3 is 1. The van der Waals surface area contributed by atoms with Gasteiger partial charge in [-0.1, -0.05) is 12.1 Å². The number of aromatic amines is 1. The van der Waals surface area contributed by atoms with Gasteiger partial charge < -0.3 is 19.0 Å². The van der Waals surface area contributed by atoms with Crippen LogP contribution in [0.3, 0.4) is 0 Å². The third kappa shape index (κ3) is 2.94. The van der Waals surface area contributed by atoms with Crippen LogP contribution in [-0.2, 0) is 16.0 Å². The summed E-state index contributed by atoms with van der Waals surface area (Å²) in [4.78, 5) is 3.18. The molecule has 0 unspecified atom stereocenters. The van der Waals surface area contributed by atoms with Gasteiger partial charge in [0.1, 0.15) is 0 Å². The average molecular weight is 252 g/mol. The zero-order chi connectivity index (χ0) is 12.1. The average Bonchev–Trinajstić information content (AvgIpc) is 2.65. The van der Waals surface area contributed by atoms with Crippen molar-refractivity contribution in [2.24, 2.45) is 0 Å². The van der Waals surface area contributed by atoms with Crippen LogP contribution < -0.4 is 0 Å². The number of hydrogen-bond acceptors (Lipinski definition) is 3. The summed E-state index contributed by atoms with van der Waals surface area (Å²) in [5, 5.41) is 0. The molecule has 92 valence electrons. The predicted molar refractivity (Wildman–Crippen MR) is 69.8 cm³/mol. The highest BCUT2D eigenvalue weighted by atomic mass is 32.1. The summed E-state index contributed by atoms with van der Waals surface area (Å²) < 4.78 is 13.2. The summed E-state index contributed by atoms with van der Waals surface area (Å²) >= 11 is 5.28. The lowest BCUT2D eigenvalue weighted by atomic mass is 10.3. The van der Waals surface area contributed by atoms with E-state index in [0.717, 1.165) is 22.3 Å². The lowest BCUT2D eigenvalue weighted by molar-refractivity contribution is 0.0668. The van der Waals surface area contributed by atoms with Gasteiger partial charge in [-0.25, -0.2) is 0 Å². The summed E-state index contributed by atoms with van der Waals surface area (Å²) in [6.07, 6.45) is 0. The van der Waals surface area contributed by atoms with E-state index >= 15 is 0 Å². The number of para-hydroxylation sites is 2. The van der Waals surface area contributed by atoms with Crippen LogP contribution >= 0.6 is 12.2 Å². The summed E-state index contributed by atoms with van der Waals surface area (Å²) in [6, 6.07) is 8.07. The van der Waals surface area contributed by atoms with Gasteiger partial charge in [0.2, 0.25) is 0 Å². The van der Waals surface area contributed by atoms with Crippen LogP contribution in [0.2, 0.25) is 0 Å². The van der Waals surface area contributed by atoms with E-state index in [2.05, 4.69) is 15.6 Å². The molecular weight excluding hydrogens is 236 g/mol. The van der Waals surface area contributed by atoms with Crippen LogP contribution in [0, 0.1) is 4.77 Å². The minimum absolute atomic E-state index is 0.617. The molecule has 0 amide bonds. The fraction of sp³-hybridized carbons (Fsp3) is 0.417. The molecule has 2 aromatic rings. The number of imidazole rings is 1. The molecule has 2 rings (SSSR count). The molecule has 0 saturated heterocycles. The summed E-state index contributed by atoms with van der Waals surface area (Å²) in [7, 11) is 1.67. The van der Waals surface area contributed by atoms with Crippen molar-refractivity contribution >= 4 is 23.3 Å². The fourth-order valence-electron chi connectivity index (χ4n) is 1.73. The van der Waals surface area contributed by atoms with Crippen molar-refractivity contribution in [2.75, 3.05) is 26.9 Å². The van der Waals surface area contributed by atoms with Crippen LogP contribution in [0.15, 0.2) is 24.3 Å². The molecule has 0 radical (unpaired) electrons. The number of nitrogens with zero attached hydrogens (tertiary/aromatic N) is 1. The molecule has 1 aromatic heterocycles. The van der Waals surface area contributed by atoms with Crippen LogP contribution in [0.4, 0.5) is 0 Å². The van der Waals surface area contributed by atoms with Gasteiger partial charge in [-0.05, 0) is 24.4 Å². The van der Waals surface area contributed by atoms with Crippen LogP contribution in [0.5, 0.6) is 0 Å². The lowest BCUT2D eigenvalue weighted by Gasteiger charge is -2.05. The van der Waals surface area contributed by atoms with Crippen molar-refractivity contribution in [3.05, 3.63) is 29.0 Å². The van der Waals surface area contributed by atoms with E-state index in [4.69, 9.17) is 21.7 Å². The predicted octanol–water partition coefficient (Wildman–Crippen LogP) is 2.36. The second kappa shape index (κ2) is 5.95. The maximum absolute atomic E-state index is 5.45. The minimum atomic E-state index is 0.617. The van der Waals surface area contributed by atoms with E-state index in [-0.39, 0.29) is 0 Å². The smallest absolute Gasteiger partial charge is 0.178 e. The van der Waals surface area contributed by atoms with E-state index in [0.29, 0.717) is 19.8 Å².